The van der Waals surface area contributed by atoms with Gasteiger partial charge in [0.25, 0.3) is 5.69 Å². The zero-order valence-corrected chi connectivity index (χ0v) is 24.5. The second kappa shape index (κ2) is 13.9. The summed E-state index contributed by atoms with van der Waals surface area (Å²) in [6.45, 7) is 2.59. The number of rotatable bonds is 13. The number of carbonyl (C=O) groups excluding carboxylic acids is 2. The van der Waals surface area contributed by atoms with Gasteiger partial charge in [0.1, 0.15) is 29.8 Å². The minimum atomic E-state index is -4.19. The molecule has 1 N–H and O–H groups in total. The fraction of sp³-hybridized carbons (Fsp3) is 0.310. The van der Waals surface area contributed by atoms with Crippen LogP contribution in [-0.2, 0) is 32.6 Å². The van der Waals surface area contributed by atoms with Crippen molar-refractivity contribution >= 4 is 33.2 Å². The Kier molecular flexibility index (Phi) is 10.6. The molecule has 0 radical (unpaired) electrons. The third-order valence-corrected chi connectivity index (χ3v) is 7.42. The smallest absolute Gasteiger partial charge is 0.271 e. The van der Waals surface area contributed by atoms with Gasteiger partial charge >= 0.3 is 0 Å². The zero-order valence-electron chi connectivity index (χ0n) is 23.7. The number of anilines is 1. The molecule has 0 spiro atoms. The van der Waals surface area contributed by atoms with Gasteiger partial charge < -0.3 is 15.0 Å². The van der Waals surface area contributed by atoms with E-state index >= 15 is 0 Å². The summed E-state index contributed by atoms with van der Waals surface area (Å²) in [6, 6.07) is 16.4. The molecular weight excluding hydrogens is 567 g/mol. The van der Waals surface area contributed by atoms with Crippen molar-refractivity contribution in [2.24, 2.45) is 0 Å². The van der Waals surface area contributed by atoms with E-state index in [0.717, 1.165) is 24.0 Å². The van der Waals surface area contributed by atoms with E-state index < -0.39 is 50.9 Å². The number of hydrogen-bond acceptors (Lipinski definition) is 7. The van der Waals surface area contributed by atoms with Crippen molar-refractivity contribution in [3.8, 4) is 5.75 Å². The molecule has 0 heterocycles. The summed E-state index contributed by atoms with van der Waals surface area (Å²) in [6.07, 6.45) is 0.959. The summed E-state index contributed by atoms with van der Waals surface area (Å²) >= 11 is 0. The second-order valence-corrected chi connectivity index (χ2v) is 11.8. The predicted octanol–water partition coefficient (Wildman–Crippen LogP) is 3.67. The van der Waals surface area contributed by atoms with Crippen LogP contribution in [0.2, 0.25) is 0 Å². The third kappa shape index (κ3) is 8.49. The van der Waals surface area contributed by atoms with Crippen LogP contribution >= 0.6 is 0 Å². The van der Waals surface area contributed by atoms with Crippen LogP contribution in [0, 0.1) is 15.9 Å². The van der Waals surface area contributed by atoms with Crippen molar-refractivity contribution in [3.05, 3.63) is 99.9 Å². The molecule has 0 aliphatic rings. The summed E-state index contributed by atoms with van der Waals surface area (Å²) < 4.78 is 45.6. The van der Waals surface area contributed by atoms with Gasteiger partial charge in [-0.05, 0) is 43.2 Å². The molecule has 0 aromatic heterocycles. The molecule has 0 unspecified atom stereocenters. The van der Waals surface area contributed by atoms with Crippen LogP contribution in [-0.4, -0.2) is 62.0 Å². The number of ether oxygens (including phenoxy) is 1. The third-order valence-electron chi connectivity index (χ3n) is 6.29. The highest BCUT2D eigenvalue weighted by Gasteiger charge is 2.34. The number of halogens is 1. The summed E-state index contributed by atoms with van der Waals surface area (Å²) in [5, 5.41) is 14.3. The Hall–Kier alpha value is -4.52. The largest absolute Gasteiger partial charge is 0.495 e. The van der Waals surface area contributed by atoms with E-state index in [2.05, 4.69) is 5.32 Å². The lowest BCUT2D eigenvalue weighted by Crippen LogP contribution is -2.54. The Morgan fingerprint density at radius 3 is 2.21 bits per heavy atom. The van der Waals surface area contributed by atoms with E-state index in [0.29, 0.717) is 9.87 Å². The molecule has 1 atom stereocenters. The number of hydrogen-bond donors (Lipinski definition) is 1. The Labute approximate surface area is 244 Å². The molecule has 224 valence electrons. The van der Waals surface area contributed by atoms with Gasteiger partial charge in [-0.15, -0.1) is 0 Å². The van der Waals surface area contributed by atoms with E-state index in [1.165, 1.54) is 42.3 Å². The quantitative estimate of drug-likeness (QED) is 0.233. The maximum atomic E-state index is 14.1. The van der Waals surface area contributed by atoms with Gasteiger partial charge in [0.05, 0.1) is 18.3 Å². The molecule has 3 rings (SSSR count). The summed E-state index contributed by atoms with van der Waals surface area (Å²) in [5.74, 6) is -1.74. The number of benzene rings is 3. The fourth-order valence-corrected chi connectivity index (χ4v) is 5.15. The van der Waals surface area contributed by atoms with Gasteiger partial charge in [-0.2, -0.15) is 0 Å². The van der Waals surface area contributed by atoms with Gasteiger partial charge in [0, 0.05) is 31.1 Å². The molecule has 0 saturated heterocycles. The Bertz CT molecular complexity index is 1520. The lowest BCUT2D eigenvalue weighted by atomic mass is 10.0. The highest BCUT2D eigenvalue weighted by molar-refractivity contribution is 7.92. The van der Waals surface area contributed by atoms with Crippen molar-refractivity contribution in [1.82, 2.24) is 10.2 Å². The number of nitro groups is 1. The molecule has 42 heavy (non-hydrogen) atoms. The highest BCUT2D eigenvalue weighted by Crippen LogP contribution is 2.34. The van der Waals surface area contributed by atoms with Crippen molar-refractivity contribution < 1.29 is 32.1 Å². The number of methoxy groups -OCH3 is 1. The van der Waals surface area contributed by atoms with Crippen molar-refractivity contribution in [2.45, 2.75) is 38.9 Å². The molecule has 2 amide bonds. The lowest BCUT2D eigenvalue weighted by molar-refractivity contribution is -0.384. The predicted molar refractivity (Wildman–Crippen MR) is 156 cm³/mol. The molecule has 0 saturated carbocycles. The average molecular weight is 601 g/mol. The van der Waals surface area contributed by atoms with Crippen molar-refractivity contribution in [2.75, 3.05) is 24.2 Å². The molecule has 11 nitrogen and oxygen atoms in total. The van der Waals surface area contributed by atoms with E-state index in [1.807, 2.05) is 6.07 Å². The fourth-order valence-electron chi connectivity index (χ4n) is 4.30. The number of nitro benzene ring substituents is 1. The maximum Gasteiger partial charge on any atom is 0.271 e. The summed E-state index contributed by atoms with van der Waals surface area (Å²) in [4.78, 5) is 39.6. The highest BCUT2D eigenvalue weighted by atomic mass is 32.2. The minimum Gasteiger partial charge on any atom is -0.495 e. The molecule has 0 bridgehead atoms. The van der Waals surface area contributed by atoms with Crippen LogP contribution in [0.4, 0.5) is 15.8 Å². The minimum absolute atomic E-state index is 0.0118. The van der Waals surface area contributed by atoms with Crippen LogP contribution in [0.15, 0.2) is 72.8 Å². The lowest BCUT2D eigenvalue weighted by Gasteiger charge is -2.34. The van der Waals surface area contributed by atoms with Crippen LogP contribution in [0.1, 0.15) is 25.0 Å². The van der Waals surface area contributed by atoms with E-state index in [1.54, 1.807) is 38.1 Å². The first-order valence-corrected chi connectivity index (χ1v) is 14.8. The molecule has 3 aromatic carbocycles. The molecule has 0 aliphatic heterocycles. The van der Waals surface area contributed by atoms with Crippen LogP contribution in [0.3, 0.4) is 0 Å². The monoisotopic (exact) mass is 600 g/mol. The van der Waals surface area contributed by atoms with Crippen LogP contribution in [0.5, 0.6) is 5.75 Å². The number of nitrogens with one attached hydrogen (secondary N) is 1. The number of carbonyl (C=O) groups is 2. The Morgan fingerprint density at radius 2 is 1.67 bits per heavy atom. The van der Waals surface area contributed by atoms with Crippen molar-refractivity contribution in [3.63, 3.8) is 0 Å². The van der Waals surface area contributed by atoms with Gasteiger partial charge in [0.15, 0.2) is 0 Å². The van der Waals surface area contributed by atoms with Gasteiger partial charge in [0.2, 0.25) is 21.8 Å². The number of sulfonamides is 1. The van der Waals surface area contributed by atoms with Gasteiger partial charge in [-0.3, -0.25) is 24.0 Å². The van der Waals surface area contributed by atoms with E-state index in [4.69, 9.17) is 4.74 Å². The first-order chi connectivity index (χ1) is 19.8. The summed E-state index contributed by atoms with van der Waals surface area (Å²) in [5.41, 5.74) is 0.626. The normalized spacial score (nSPS) is 12.0. The van der Waals surface area contributed by atoms with Crippen LogP contribution in [0.25, 0.3) is 0 Å². The van der Waals surface area contributed by atoms with E-state index in [-0.39, 0.29) is 30.4 Å². The Morgan fingerprint density at radius 1 is 1.02 bits per heavy atom. The molecule has 13 heteroatoms. The number of amides is 2. The maximum absolute atomic E-state index is 14.1. The molecule has 0 aliphatic carbocycles. The number of non-ortho nitro benzene ring substituents is 1. The van der Waals surface area contributed by atoms with Crippen LogP contribution < -0.4 is 14.4 Å². The van der Waals surface area contributed by atoms with Gasteiger partial charge in [-0.25, -0.2) is 12.8 Å². The first-order valence-electron chi connectivity index (χ1n) is 13.0. The summed E-state index contributed by atoms with van der Waals surface area (Å²) in [7, 11) is -2.93. The molecule has 3 aromatic rings. The second-order valence-electron chi connectivity index (χ2n) is 9.90. The molecule has 0 fully saturated rings. The Balaban J connectivity index is 2.12. The molecular formula is C29H33FN4O7S. The SMILES string of the molecule is COc1ccc([N+](=O)[O-])cc1N(CC(=O)N(Cc1ccc(F)cc1)[C@@H](Cc1ccccc1)C(=O)NC(C)C)S(C)(=O)=O. The van der Waals surface area contributed by atoms with E-state index in [9.17, 15) is 32.5 Å². The van der Waals surface area contributed by atoms with Gasteiger partial charge in [-0.1, -0.05) is 42.5 Å². The topological polar surface area (TPSA) is 139 Å². The van der Waals surface area contributed by atoms with Crippen molar-refractivity contribution in [1.29, 1.82) is 0 Å². The zero-order chi connectivity index (χ0) is 31.0. The standard InChI is InChI=1S/C29H33FN4O7S/c1-20(2)31-29(36)26(16-21-8-6-5-7-9-21)32(18-22-10-12-23(30)13-11-22)28(35)19-33(42(4,39)40)25-17-24(34(37)38)14-15-27(25)41-3/h5-15,17,20,26H,16,18-19H2,1-4H3,(H,31,36)/t26-/m0/s1. The number of nitrogens with zero attached hydrogens (tertiary/aromatic N) is 3. The first kappa shape index (κ1) is 32.0. The average Bonchev–Trinajstić information content (AvgIpc) is 2.93.